The summed E-state index contributed by atoms with van der Waals surface area (Å²) in [4.78, 5) is 7.96. The molecule has 1 atom stereocenters. The average Bonchev–Trinajstić information content (AvgIpc) is 2.38. The van der Waals surface area contributed by atoms with E-state index in [1.165, 1.54) is 11.9 Å². The molecule has 1 heterocycles. The van der Waals surface area contributed by atoms with Crippen LogP contribution in [-0.4, -0.2) is 9.97 Å². The summed E-state index contributed by atoms with van der Waals surface area (Å²) in [5.41, 5.74) is 2.29. The highest BCUT2D eigenvalue weighted by atomic mass is 35.5. The van der Waals surface area contributed by atoms with Crippen molar-refractivity contribution in [2.75, 3.05) is 0 Å². The van der Waals surface area contributed by atoms with E-state index < -0.39 is 0 Å². The Balaban J connectivity index is 1.93. The third-order valence-electron chi connectivity index (χ3n) is 2.60. The van der Waals surface area contributed by atoms with Crippen molar-refractivity contribution < 1.29 is 0 Å². The summed E-state index contributed by atoms with van der Waals surface area (Å²) in [5.74, 6) is 0. The van der Waals surface area contributed by atoms with Crippen LogP contribution in [0.25, 0.3) is 0 Å². The van der Waals surface area contributed by atoms with Crippen LogP contribution in [0.3, 0.4) is 0 Å². The standard InChI is InChI=1S/C13H14ClN3/c1-10(12-2-4-13(14)5-3-12)17-8-11-6-15-9-16-7-11/h2-7,9-10,17H,8H2,1H3/t10-/m1/s1. The minimum absolute atomic E-state index is 0.271. The molecule has 3 nitrogen and oxygen atoms in total. The summed E-state index contributed by atoms with van der Waals surface area (Å²) in [7, 11) is 0. The van der Waals surface area contributed by atoms with Gasteiger partial charge in [-0.25, -0.2) is 9.97 Å². The van der Waals surface area contributed by atoms with E-state index in [0.717, 1.165) is 17.1 Å². The molecular weight excluding hydrogens is 234 g/mol. The topological polar surface area (TPSA) is 37.8 Å². The third-order valence-corrected chi connectivity index (χ3v) is 2.85. The van der Waals surface area contributed by atoms with Gasteiger partial charge in [0.15, 0.2) is 0 Å². The van der Waals surface area contributed by atoms with Gasteiger partial charge in [-0.3, -0.25) is 0 Å². The van der Waals surface area contributed by atoms with Crippen molar-refractivity contribution in [3.05, 3.63) is 59.1 Å². The quantitative estimate of drug-likeness (QED) is 0.903. The molecule has 0 unspecified atom stereocenters. The summed E-state index contributed by atoms with van der Waals surface area (Å²) in [5, 5.41) is 4.17. The van der Waals surface area contributed by atoms with Crippen molar-refractivity contribution >= 4 is 11.6 Å². The van der Waals surface area contributed by atoms with Crippen LogP contribution in [0.2, 0.25) is 5.02 Å². The van der Waals surface area contributed by atoms with Crippen LogP contribution in [0.4, 0.5) is 0 Å². The number of benzene rings is 1. The van der Waals surface area contributed by atoms with E-state index in [2.05, 4.69) is 22.2 Å². The van der Waals surface area contributed by atoms with Crippen molar-refractivity contribution in [2.24, 2.45) is 0 Å². The van der Waals surface area contributed by atoms with Gasteiger partial charge in [-0.15, -0.1) is 0 Å². The van der Waals surface area contributed by atoms with Gasteiger partial charge in [0.05, 0.1) is 0 Å². The Bertz CT molecular complexity index is 456. The molecule has 0 saturated heterocycles. The molecule has 1 aromatic carbocycles. The Morgan fingerprint density at radius 2 is 1.82 bits per heavy atom. The molecule has 0 bridgehead atoms. The summed E-state index contributed by atoms with van der Waals surface area (Å²) >= 11 is 5.85. The number of hydrogen-bond donors (Lipinski definition) is 1. The molecule has 0 spiro atoms. The number of halogens is 1. The molecule has 4 heteroatoms. The van der Waals surface area contributed by atoms with Gasteiger partial charge >= 0.3 is 0 Å². The minimum atomic E-state index is 0.271. The van der Waals surface area contributed by atoms with E-state index in [1.54, 1.807) is 0 Å². The highest BCUT2D eigenvalue weighted by molar-refractivity contribution is 6.30. The maximum absolute atomic E-state index is 5.85. The second kappa shape index (κ2) is 5.75. The normalized spacial score (nSPS) is 12.4. The highest BCUT2D eigenvalue weighted by Gasteiger charge is 2.04. The lowest BCUT2D eigenvalue weighted by atomic mass is 10.1. The Morgan fingerprint density at radius 1 is 1.18 bits per heavy atom. The van der Waals surface area contributed by atoms with E-state index in [4.69, 9.17) is 11.6 Å². The molecule has 1 N–H and O–H groups in total. The number of hydrogen-bond acceptors (Lipinski definition) is 3. The fraction of sp³-hybridized carbons (Fsp3) is 0.231. The first-order valence-corrected chi connectivity index (χ1v) is 5.86. The molecule has 2 aromatic rings. The molecule has 0 radical (unpaired) electrons. The first-order chi connectivity index (χ1) is 8.25. The monoisotopic (exact) mass is 247 g/mol. The summed E-state index contributed by atoms with van der Waals surface area (Å²) < 4.78 is 0. The van der Waals surface area contributed by atoms with Crippen LogP contribution in [0.5, 0.6) is 0 Å². The molecular formula is C13H14ClN3. The predicted molar refractivity (Wildman–Crippen MR) is 68.7 cm³/mol. The van der Waals surface area contributed by atoms with Crippen LogP contribution in [0.1, 0.15) is 24.1 Å². The zero-order valence-corrected chi connectivity index (χ0v) is 10.4. The molecule has 88 valence electrons. The average molecular weight is 248 g/mol. The van der Waals surface area contributed by atoms with E-state index >= 15 is 0 Å². The molecule has 0 aliphatic carbocycles. The van der Waals surface area contributed by atoms with E-state index in [-0.39, 0.29) is 6.04 Å². The van der Waals surface area contributed by atoms with Crippen molar-refractivity contribution in [1.82, 2.24) is 15.3 Å². The zero-order valence-electron chi connectivity index (χ0n) is 9.60. The summed E-state index contributed by atoms with van der Waals surface area (Å²) in [6, 6.07) is 8.14. The van der Waals surface area contributed by atoms with Crippen molar-refractivity contribution in [1.29, 1.82) is 0 Å². The van der Waals surface area contributed by atoms with Crippen molar-refractivity contribution in [2.45, 2.75) is 19.5 Å². The van der Waals surface area contributed by atoms with Crippen LogP contribution >= 0.6 is 11.6 Å². The minimum Gasteiger partial charge on any atom is -0.306 e. The molecule has 1 aromatic heterocycles. The van der Waals surface area contributed by atoms with Gasteiger partial charge in [0.1, 0.15) is 6.33 Å². The molecule has 0 amide bonds. The van der Waals surface area contributed by atoms with Crippen LogP contribution in [-0.2, 0) is 6.54 Å². The number of aromatic nitrogens is 2. The van der Waals surface area contributed by atoms with Gasteiger partial charge in [0.2, 0.25) is 0 Å². The molecule has 0 aliphatic heterocycles. The Kier molecular flexibility index (Phi) is 4.07. The van der Waals surface area contributed by atoms with Gasteiger partial charge in [0.25, 0.3) is 0 Å². The lowest BCUT2D eigenvalue weighted by Crippen LogP contribution is -2.18. The molecule has 0 saturated carbocycles. The van der Waals surface area contributed by atoms with Crippen LogP contribution < -0.4 is 5.32 Å². The lowest BCUT2D eigenvalue weighted by Gasteiger charge is -2.14. The highest BCUT2D eigenvalue weighted by Crippen LogP contribution is 2.16. The zero-order chi connectivity index (χ0) is 12.1. The number of rotatable bonds is 4. The van der Waals surface area contributed by atoms with Gasteiger partial charge < -0.3 is 5.32 Å². The Morgan fingerprint density at radius 3 is 2.47 bits per heavy atom. The van der Waals surface area contributed by atoms with E-state index in [0.29, 0.717) is 0 Å². The number of nitrogens with zero attached hydrogens (tertiary/aromatic N) is 2. The lowest BCUT2D eigenvalue weighted by molar-refractivity contribution is 0.573. The third kappa shape index (κ3) is 3.51. The smallest absolute Gasteiger partial charge is 0.115 e. The fourth-order valence-electron chi connectivity index (χ4n) is 1.56. The van der Waals surface area contributed by atoms with Gasteiger partial charge in [-0.2, -0.15) is 0 Å². The second-order valence-corrected chi connectivity index (χ2v) is 4.34. The molecule has 0 fully saturated rings. The predicted octanol–water partition coefficient (Wildman–Crippen LogP) is 2.98. The first kappa shape index (κ1) is 12.0. The maximum atomic E-state index is 5.85. The summed E-state index contributed by atoms with van der Waals surface area (Å²) in [6.07, 6.45) is 5.16. The number of nitrogens with one attached hydrogen (secondary N) is 1. The Labute approximate surface area is 106 Å². The largest absolute Gasteiger partial charge is 0.306 e. The Hall–Kier alpha value is -1.45. The van der Waals surface area contributed by atoms with Crippen LogP contribution in [0.15, 0.2) is 43.0 Å². The van der Waals surface area contributed by atoms with Gasteiger partial charge in [0, 0.05) is 35.6 Å². The molecule has 2 rings (SSSR count). The van der Waals surface area contributed by atoms with Gasteiger partial charge in [-0.1, -0.05) is 23.7 Å². The maximum Gasteiger partial charge on any atom is 0.115 e. The van der Waals surface area contributed by atoms with Crippen molar-refractivity contribution in [3.63, 3.8) is 0 Å². The van der Waals surface area contributed by atoms with E-state index in [9.17, 15) is 0 Å². The first-order valence-electron chi connectivity index (χ1n) is 5.48. The SMILES string of the molecule is C[C@@H](NCc1cncnc1)c1ccc(Cl)cc1. The van der Waals surface area contributed by atoms with Crippen molar-refractivity contribution in [3.8, 4) is 0 Å². The molecule has 0 aliphatic rings. The fourth-order valence-corrected chi connectivity index (χ4v) is 1.69. The second-order valence-electron chi connectivity index (χ2n) is 3.90. The van der Waals surface area contributed by atoms with Gasteiger partial charge in [-0.05, 0) is 24.6 Å². The molecule has 17 heavy (non-hydrogen) atoms. The van der Waals surface area contributed by atoms with Crippen LogP contribution in [0, 0.1) is 0 Å². The van der Waals surface area contributed by atoms with E-state index in [1.807, 2.05) is 36.7 Å². The summed E-state index contributed by atoms with van der Waals surface area (Å²) in [6.45, 7) is 2.87.